The number of ether oxygens (including phenoxy) is 1. The zero-order valence-corrected chi connectivity index (χ0v) is 19.7. The molecule has 1 saturated carbocycles. The summed E-state index contributed by atoms with van der Waals surface area (Å²) in [6.45, 7) is 6.15. The molecule has 1 unspecified atom stereocenters. The van der Waals surface area contributed by atoms with Gasteiger partial charge in [-0.3, -0.25) is 10.1 Å². The fourth-order valence-corrected chi connectivity index (χ4v) is 5.52. The molecule has 1 aromatic rings. The standard InChI is InChI=1S/C25H36FN3O4/c1-17(2)15-33-24(32)27-18-4-9-22(21(26)14-18)28-12-3-10-25(16-28)11-13-29(23(25)31)19-5-7-20(30)8-6-19/h4,9,14,17,19-20,30H,3,5-8,10-13,15-16H2,1-2H3,(H,27,32). The second-order valence-electron chi connectivity index (χ2n) is 10.3. The van der Waals surface area contributed by atoms with Crippen LogP contribution in [0.15, 0.2) is 18.2 Å². The van der Waals surface area contributed by atoms with Gasteiger partial charge in [0.25, 0.3) is 0 Å². The molecule has 182 valence electrons. The van der Waals surface area contributed by atoms with E-state index in [2.05, 4.69) is 5.32 Å². The van der Waals surface area contributed by atoms with Crippen LogP contribution in [0.1, 0.15) is 58.8 Å². The quantitative estimate of drug-likeness (QED) is 0.688. The summed E-state index contributed by atoms with van der Waals surface area (Å²) in [5, 5.41) is 12.4. The minimum absolute atomic E-state index is 0.195. The van der Waals surface area contributed by atoms with Crippen molar-refractivity contribution in [3.05, 3.63) is 24.0 Å². The number of benzene rings is 1. The van der Waals surface area contributed by atoms with Gasteiger partial charge in [-0.25, -0.2) is 9.18 Å². The highest BCUT2D eigenvalue weighted by Crippen LogP contribution is 2.43. The maximum Gasteiger partial charge on any atom is 0.411 e. The van der Waals surface area contributed by atoms with Crippen LogP contribution >= 0.6 is 0 Å². The molecule has 1 atom stereocenters. The summed E-state index contributed by atoms with van der Waals surface area (Å²) in [6, 6.07) is 4.87. The Bertz CT molecular complexity index is 871. The lowest BCUT2D eigenvalue weighted by Gasteiger charge is -2.41. The first kappa shape index (κ1) is 23.8. The van der Waals surface area contributed by atoms with E-state index in [9.17, 15) is 14.7 Å². The van der Waals surface area contributed by atoms with E-state index in [-0.39, 0.29) is 24.0 Å². The molecule has 2 amide bonds. The molecule has 1 aliphatic carbocycles. The minimum atomic E-state index is -0.598. The SMILES string of the molecule is CC(C)COC(=O)Nc1ccc(N2CCCC3(CCN(C4CCC(O)CC4)C3=O)C2)c(F)c1. The lowest BCUT2D eigenvalue weighted by Crippen LogP contribution is -2.50. The van der Waals surface area contributed by atoms with Crippen LogP contribution in [0.5, 0.6) is 0 Å². The Morgan fingerprint density at radius 1 is 1.24 bits per heavy atom. The molecule has 0 bridgehead atoms. The molecular formula is C25H36FN3O4. The number of carbonyl (C=O) groups excluding carboxylic acids is 2. The molecule has 1 spiro atoms. The van der Waals surface area contributed by atoms with Gasteiger partial charge in [0, 0.05) is 31.4 Å². The first-order valence-electron chi connectivity index (χ1n) is 12.2. The molecule has 3 aliphatic rings. The summed E-state index contributed by atoms with van der Waals surface area (Å²) < 4.78 is 20.1. The van der Waals surface area contributed by atoms with Gasteiger partial charge >= 0.3 is 6.09 Å². The van der Waals surface area contributed by atoms with Gasteiger partial charge in [0.2, 0.25) is 5.91 Å². The van der Waals surface area contributed by atoms with E-state index in [0.717, 1.165) is 51.5 Å². The number of hydrogen-bond acceptors (Lipinski definition) is 5. The Hall–Kier alpha value is -2.35. The highest BCUT2D eigenvalue weighted by atomic mass is 19.1. The molecule has 1 aromatic carbocycles. The van der Waals surface area contributed by atoms with E-state index in [1.807, 2.05) is 23.6 Å². The monoisotopic (exact) mass is 461 g/mol. The Morgan fingerprint density at radius 3 is 2.70 bits per heavy atom. The van der Waals surface area contributed by atoms with E-state index in [1.165, 1.54) is 6.07 Å². The summed E-state index contributed by atoms with van der Waals surface area (Å²) in [6.07, 6.45) is 4.85. The number of aliphatic hydroxyl groups is 1. The maximum atomic E-state index is 15.0. The van der Waals surface area contributed by atoms with Gasteiger partial charge in [0.15, 0.2) is 0 Å². The van der Waals surface area contributed by atoms with Crippen molar-refractivity contribution in [1.29, 1.82) is 0 Å². The van der Waals surface area contributed by atoms with Crippen molar-refractivity contribution in [3.8, 4) is 0 Å². The number of piperidine rings is 1. The number of amides is 2. The Balaban J connectivity index is 1.41. The molecular weight excluding hydrogens is 425 g/mol. The van der Waals surface area contributed by atoms with Crippen molar-refractivity contribution in [2.75, 3.05) is 36.5 Å². The number of likely N-dealkylation sites (tertiary alicyclic amines) is 1. The fraction of sp³-hybridized carbons (Fsp3) is 0.680. The first-order valence-corrected chi connectivity index (χ1v) is 12.2. The smallest absolute Gasteiger partial charge is 0.411 e. The van der Waals surface area contributed by atoms with Crippen molar-refractivity contribution in [1.82, 2.24) is 4.90 Å². The van der Waals surface area contributed by atoms with Crippen LogP contribution in [-0.4, -0.2) is 60.4 Å². The van der Waals surface area contributed by atoms with Gasteiger partial charge in [-0.05, 0) is 69.1 Å². The zero-order valence-electron chi connectivity index (χ0n) is 19.7. The second kappa shape index (κ2) is 9.87. The van der Waals surface area contributed by atoms with Gasteiger partial charge in [0.1, 0.15) is 5.82 Å². The number of nitrogens with zero attached hydrogens (tertiary/aromatic N) is 2. The second-order valence-corrected chi connectivity index (χ2v) is 10.3. The van der Waals surface area contributed by atoms with E-state index in [1.54, 1.807) is 12.1 Å². The van der Waals surface area contributed by atoms with Crippen molar-refractivity contribution >= 4 is 23.4 Å². The maximum absolute atomic E-state index is 15.0. The molecule has 0 radical (unpaired) electrons. The Morgan fingerprint density at radius 2 is 2.00 bits per heavy atom. The van der Waals surface area contributed by atoms with Crippen molar-refractivity contribution in [2.24, 2.45) is 11.3 Å². The Labute approximate surface area is 195 Å². The van der Waals surface area contributed by atoms with Crippen LogP contribution in [0.3, 0.4) is 0 Å². The third kappa shape index (κ3) is 5.26. The van der Waals surface area contributed by atoms with Crippen molar-refractivity contribution < 1.29 is 23.8 Å². The summed E-state index contributed by atoms with van der Waals surface area (Å²) in [7, 11) is 0. The Kier molecular flexibility index (Phi) is 7.12. The largest absolute Gasteiger partial charge is 0.449 e. The summed E-state index contributed by atoms with van der Waals surface area (Å²) in [5.74, 6) is -0.00215. The topological polar surface area (TPSA) is 82.1 Å². The lowest BCUT2D eigenvalue weighted by atomic mass is 9.78. The zero-order chi connectivity index (χ0) is 23.6. The predicted molar refractivity (Wildman–Crippen MR) is 125 cm³/mol. The van der Waals surface area contributed by atoms with E-state index >= 15 is 4.39 Å². The van der Waals surface area contributed by atoms with E-state index in [4.69, 9.17) is 4.74 Å². The highest BCUT2D eigenvalue weighted by molar-refractivity contribution is 5.87. The molecule has 4 rings (SSSR count). The average Bonchev–Trinajstić information content (AvgIpc) is 3.08. The first-order chi connectivity index (χ1) is 15.8. The fourth-order valence-electron chi connectivity index (χ4n) is 5.52. The molecule has 2 saturated heterocycles. The van der Waals surface area contributed by atoms with E-state index < -0.39 is 17.3 Å². The van der Waals surface area contributed by atoms with Crippen LogP contribution in [0, 0.1) is 17.2 Å². The molecule has 33 heavy (non-hydrogen) atoms. The molecule has 2 N–H and O–H groups in total. The third-order valence-corrected chi connectivity index (χ3v) is 7.31. The number of nitrogens with one attached hydrogen (secondary N) is 1. The van der Waals surface area contributed by atoms with Gasteiger partial charge in [-0.1, -0.05) is 13.8 Å². The number of aliphatic hydroxyl groups excluding tert-OH is 1. The van der Waals surface area contributed by atoms with E-state index in [0.29, 0.717) is 31.1 Å². The molecule has 0 aromatic heterocycles. The lowest BCUT2D eigenvalue weighted by molar-refractivity contribution is -0.139. The number of hydrogen-bond donors (Lipinski definition) is 2. The average molecular weight is 462 g/mol. The van der Waals surface area contributed by atoms with Gasteiger partial charge in [0.05, 0.1) is 23.8 Å². The van der Waals surface area contributed by atoms with Crippen LogP contribution < -0.4 is 10.2 Å². The molecule has 7 nitrogen and oxygen atoms in total. The molecule has 3 fully saturated rings. The number of halogens is 1. The normalized spacial score (nSPS) is 28.0. The summed E-state index contributed by atoms with van der Waals surface area (Å²) in [5.41, 5.74) is 0.347. The summed E-state index contributed by atoms with van der Waals surface area (Å²) >= 11 is 0. The molecule has 2 aliphatic heterocycles. The number of carbonyl (C=O) groups is 2. The predicted octanol–water partition coefficient (Wildman–Crippen LogP) is 4.15. The van der Waals surface area contributed by atoms with Crippen molar-refractivity contribution in [2.45, 2.75) is 70.9 Å². The molecule has 2 heterocycles. The highest BCUT2D eigenvalue weighted by Gasteiger charge is 2.50. The number of rotatable bonds is 5. The van der Waals surface area contributed by atoms with Crippen molar-refractivity contribution in [3.63, 3.8) is 0 Å². The van der Waals surface area contributed by atoms with Crippen LogP contribution in [-0.2, 0) is 9.53 Å². The van der Waals surface area contributed by atoms with Crippen LogP contribution in [0.4, 0.5) is 20.6 Å². The van der Waals surface area contributed by atoms with Crippen LogP contribution in [0.25, 0.3) is 0 Å². The van der Waals surface area contributed by atoms with Gasteiger partial charge in [-0.2, -0.15) is 0 Å². The number of anilines is 2. The van der Waals surface area contributed by atoms with Gasteiger partial charge < -0.3 is 19.6 Å². The minimum Gasteiger partial charge on any atom is -0.449 e. The third-order valence-electron chi connectivity index (χ3n) is 7.31. The summed E-state index contributed by atoms with van der Waals surface area (Å²) in [4.78, 5) is 29.4. The van der Waals surface area contributed by atoms with Crippen LogP contribution in [0.2, 0.25) is 0 Å². The van der Waals surface area contributed by atoms with Gasteiger partial charge in [-0.15, -0.1) is 0 Å². The molecule has 8 heteroatoms.